The Hall–Kier alpha value is -2.05. The number of nitrogens with one attached hydrogen (secondary N) is 1. The first-order valence-corrected chi connectivity index (χ1v) is 10.2. The summed E-state index contributed by atoms with van der Waals surface area (Å²) in [6.45, 7) is 6.14. The lowest BCUT2D eigenvalue weighted by Gasteiger charge is -2.28. The summed E-state index contributed by atoms with van der Waals surface area (Å²) in [5.41, 5.74) is 1.90. The molecule has 1 atom stereocenters. The Balaban J connectivity index is 2.13. The van der Waals surface area contributed by atoms with Crippen LogP contribution in [0.5, 0.6) is 5.75 Å². The number of amides is 2. The van der Waals surface area contributed by atoms with E-state index >= 15 is 0 Å². The molecule has 0 aliphatic carbocycles. The highest BCUT2D eigenvalue weighted by Crippen LogP contribution is 2.22. The molecular formula is C21H24BrClN2O3. The molecule has 0 saturated heterocycles. The zero-order valence-corrected chi connectivity index (χ0v) is 18.5. The van der Waals surface area contributed by atoms with Gasteiger partial charge in [-0.2, -0.15) is 0 Å². The van der Waals surface area contributed by atoms with Crippen LogP contribution in [0.3, 0.4) is 0 Å². The third kappa shape index (κ3) is 6.24. The van der Waals surface area contributed by atoms with E-state index in [-0.39, 0.29) is 25.0 Å². The van der Waals surface area contributed by atoms with Crippen LogP contribution in [-0.4, -0.2) is 35.9 Å². The molecule has 0 aliphatic rings. The highest BCUT2D eigenvalue weighted by Gasteiger charge is 2.26. The number of nitrogens with zero attached hydrogens (tertiary/aromatic N) is 1. The summed E-state index contributed by atoms with van der Waals surface area (Å²) in [6.07, 6.45) is 0. The Morgan fingerprint density at radius 3 is 2.50 bits per heavy atom. The third-order valence-electron chi connectivity index (χ3n) is 4.28. The lowest BCUT2D eigenvalue weighted by Crippen LogP contribution is -2.49. The average molecular weight is 468 g/mol. The molecule has 2 aromatic carbocycles. The van der Waals surface area contributed by atoms with Crippen LogP contribution in [0.25, 0.3) is 0 Å². The fraction of sp³-hybridized carbons (Fsp3) is 0.333. The minimum atomic E-state index is -0.626. The van der Waals surface area contributed by atoms with E-state index in [1.165, 1.54) is 4.90 Å². The second-order valence-corrected chi connectivity index (χ2v) is 7.71. The summed E-state index contributed by atoms with van der Waals surface area (Å²) >= 11 is 9.38. The van der Waals surface area contributed by atoms with Crippen LogP contribution in [0, 0.1) is 6.92 Å². The molecule has 0 bridgehead atoms. The number of hydrogen-bond donors (Lipinski definition) is 1. The van der Waals surface area contributed by atoms with Gasteiger partial charge in [-0.05, 0) is 62.2 Å². The van der Waals surface area contributed by atoms with Crippen molar-refractivity contribution in [2.75, 3.05) is 13.2 Å². The van der Waals surface area contributed by atoms with Crippen LogP contribution >= 0.6 is 27.5 Å². The summed E-state index contributed by atoms with van der Waals surface area (Å²) < 4.78 is 6.64. The molecule has 2 rings (SSSR count). The molecule has 0 radical (unpaired) electrons. The molecule has 1 N–H and O–H groups in total. The van der Waals surface area contributed by atoms with Gasteiger partial charge in [0.05, 0.1) is 0 Å². The van der Waals surface area contributed by atoms with Crippen LogP contribution in [0.4, 0.5) is 0 Å². The van der Waals surface area contributed by atoms with E-state index in [0.717, 1.165) is 15.6 Å². The number of aryl methyl sites for hydroxylation is 1. The Morgan fingerprint density at radius 2 is 1.89 bits per heavy atom. The standard InChI is InChI=1S/C21H24BrClN2O3/c1-4-24-21(27)15(3)25(12-16-5-7-17(23)8-6-16)20(26)13-28-18-9-10-19(22)14(2)11-18/h5-11,15H,4,12-13H2,1-3H3,(H,24,27)/t15-/m0/s1. The number of hydrogen-bond acceptors (Lipinski definition) is 3. The molecule has 5 nitrogen and oxygen atoms in total. The molecule has 0 aliphatic heterocycles. The van der Waals surface area contributed by atoms with Crippen LogP contribution in [0.2, 0.25) is 5.02 Å². The molecular weight excluding hydrogens is 444 g/mol. The lowest BCUT2D eigenvalue weighted by atomic mass is 10.1. The molecule has 28 heavy (non-hydrogen) atoms. The van der Waals surface area contributed by atoms with Crippen LogP contribution in [-0.2, 0) is 16.1 Å². The molecule has 2 aromatic rings. The number of halogens is 2. The summed E-state index contributed by atoms with van der Waals surface area (Å²) in [5, 5.41) is 3.38. The van der Waals surface area contributed by atoms with Crippen molar-refractivity contribution in [3.63, 3.8) is 0 Å². The summed E-state index contributed by atoms with van der Waals surface area (Å²) in [4.78, 5) is 26.7. The zero-order chi connectivity index (χ0) is 20.7. The van der Waals surface area contributed by atoms with Gasteiger partial charge >= 0.3 is 0 Å². The van der Waals surface area contributed by atoms with Gasteiger partial charge in [-0.3, -0.25) is 9.59 Å². The number of carbonyl (C=O) groups excluding carboxylic acids is 2. The van der Waals surface area contributed by atoms with Gasteiger partial charge in [0.25, 0.3) is 5.91 Å². The topological polar surface area (TPSA) is 58.6 Å². The van der Waals surface area contributed by atoms with E-state index in [1.54, 1.807) is 25.1 Å². The Kier molecular flexibility index (Phi) is 8.33. The van der Waals surface area contributed by atoms with Gasteiger partial charge in [-0.25, -0.2) is 0 Å². The molecule has 150 valence electrons. The number of rotatable bonds is 8. The highest BCUT2D eigenvalue weighted by atomic mass is 79.9. The van der Waals surface area contributed by atoms with Crippen LogP contribution in [0.1, 0.15) is 25.0 Å². The van der Waals surface area contributed by atoms with Crippen molar-refractivity contribution in [3.05, 3.63) is 63.1 Å². The summed E-state index contributed by atoms with van der Waals surface area (Å²) in [5.74, 6) is 0.129. The van der Waals surface area contributed by atoms with Crippen molar-refractivity contribution in [1.29, 1.82) is 0 Å². The Labute approximate surface area is 179 Å². The predicted octanol–water partition coefficient (Wildman–Crippen LogP) is 4.34. The van der Waals surface area contributed by atoms with Crippen molar-refractivity contribution in [1.82, 2.24) is 10.2 Å². The zero-order valence-electron chi connectivity index (χ0n) is 16.2. The minimum absolute atomic E-state index is 0.154. The van der Waals surface area contributed by atoms with Crippen molar-refractivity contribution in [3.8, 4) is 5.75 Å². The van der Waals surface area contributed by atoms with Crippen LogP contribution in [0.15, 0.2) is 46.9 Å². The minimum Gasteiger partial charge on any atom is -0.484 e. The van der Waals surface area contributed by atoms with Gasteiger partial charge in [0.2, 0.25) is 5.91 Å². The molecule has 0 saturated carbocycles. The molecule has 0 heterocycles. The van der Waals surface area contributed by atoms with Crippen LogP contribution < -0.4 is 10.1 Å². The van der Waals surface area contributed by atoms with Gasteiger partial charge in [0.1, 0.15) is 11.8 Å². The lowest BCUT2D eigenvalue weighted by molar-refractivity contribution is -0.142. The SMILES string of the molecule is CCNC(=O)[C@H](C)N(Cc1ccc(Cl)cc1)C(=O)COc1ccc(Br)c(C)c1. The number of carbonyl (C=O) groups is 2. The molecule has 0 spiro atoms. The van der Waals surface area contributed by atoms with E-state index < -0.39 is 6.04 Å². The maximum absolute atomic E-state index is 12.9. The molecule has 7 heteroatoms. The quantitative estimate of drug-likeness (QED) is 0.628. The first kappa shape index (κ1) is 22.2. The van der Waals surface area contributed by atoms with E-state index in [0.29, 0.717) is 17.3 Å². The predicted molar refractivity (Wildman–Crippen MR) is 115 cm³/mol. The first-order chi connectivity index (χ1) is 13.3. The van der Waals surface area contributed by atoms with Crippen molar-refractivity contribution < 1.29 is 14.3 Å². The monoisotopic (exact) mass is 466 g/mol. The second-order valence-electron chi connectivity index (χ2n) is 6.42. The highest BCUT2D eigenvalue weighted by molar-refractivity contribution is 9.10. The van der Waals surface area contributed by atoms with Crippen molar-refractivity contribution in [2.24, 2.45) is 0 Å². The smallest absolute Gasteiger partial charge is 0.261 e. The number of likely N-dealkylation sites (N-methyl/N-ethyl adjacent to an activating group) is 1. The first-order valence-electron chi connectivity index (χ1n) is 9.02. The fourth-order valence-corrected chi connectivity index (χ4v) is 3.00. The molecule has 0 unspecified atom stereocenters. The van der Waals surface area contributed by atoms with Crippen molar-refractivity contribution >= 4 is 39.3 Å². The largest absolute Gasteiger partial charge is 0.484 e. The van der Waals surface area contributed by atoms with E-state index in [1.807, 2.05) is 38.1 Å². The molecule has 0 aromatic heterocycles. The van der Waals surface area contributed by atoms with Gasteiger partial charge in [0.15, 0.2) is 6.61 Å². The summed E-state index contributed by atoms with van der Waals surface area (Å²) in [7, 11) is 0. The van der Waals surface area contributed by atoms with E-state index in [2.05, 4.69) is 21.2 Å². The Morgan fingerprint density at radius 1 is 1.21 bits per heavy atom. The van der Waals surface area contributed by atoms with Gasteiger partial charge in [0, 0.05) is 22.6 Å². The van der Waals surface area contributed by atoms with E-state index in [9.17, 15) is 9.59 Å². The maximum atomic E-state index is 12.9. The summed E-state index contributed by atoms with van der Waals surface area (Å²) in [6, 6.07) is 12.1. The maximum Gasteiger partial charge on any atom is 0.261 e. The molecule has 0 fully saturated rings. The number of benzene rings is 2. The van der Waals surface area contributed by atoms with Gasteiger partial charge < -0.3 is 15.0 Å². The van der Waals surface area contributed by atoms with Crippen molar-refractivity contribution in [2.45, 2.75) is 33.4 Å². The fourth-order valence-electron chi connectivity index (χ4n) is 2.63. The normalized spacial score (nSPS) is 11.6. The third-order valence-corrected chi connectivity index (χ3v) is 5.42. The second kappa shape index (κ2) is 10.5. The Bertz CT molecular complexity index is 827. The van der Waals surface area contributed by atoms with Gasteiger partial charge in [-0.15, -0.1) is 0 Å². The van der Waals surface area contributed by atoms with E-state index in [4.69, 9.17) is 16.3 Å². The van der Waals surface area contributed by atoms with Gasteiger partial charge in [-0.1, -0.05) is 39.7 Å². The molecule has 2 amide bonds. The average Bonchev–Trinajstić information content (AvgIpc) is 2.68. The number of ether oxygens (including phenoxy) is 1.